The third kappa shape index (κ3) is 3.45. The van der Waals surface area contributed by atoms with Crippen LogP contribution in [0.2, 0.25) is 0 Å². The van der Waals surface area contributed by atoms with E-state index < -0.39 is 0 Å². The first kappa shape index (κ1) is 16.6. The van der Waals surface area contributed by atoms with Crippen molar-refractivity contribution in [3.63, 3.8) is 0 Å². The van der Waals surface area contributed by atoms with Crippen molar-refractivity contribution >= 4 is 11.6 Å². The SMILES string of the molecule is CC(C)(C)c1ccc(CN(C(=N)N)c2ccc3c(c2)CCC3)cc1. The predicted molar refractivity (Wildman–Crippen MR) is 102 cm³/mol. The molecule has 0 heterocycles. The standard InChI is InChI=1S/C21H27N3/c1-21(2,3)18-10-7-15(8-11-18)14-24(20(22)23)19-12-9-16-5-4-6-17(16)13-19/h7-13H,4-6,14H2,1-3H3,(H3,22,23). The van der Waals surface area contributed by atoms with Gasteiger partial charge in [-0.3, -0.25) is 5.41 Å². The van der Waals surface area contributed by atoms with Crippen LogP contribution in [0.25, 0.3) is 0 Å². The molecule has 0 aromatic heterocycles. The maximum atomic E-state index is 7.98. The molecule has 126 valence electrons. The maximum absolute atomic E-state index is 7.98. The first-order chi connectivity index (χ1) is 11.3. The van der Waals surface area contributed by atoms with Crippen molar-refractivity contribution in [2.45, 2.75) is 52.0 Å². The number of hydrogen-bond donors (Lipinski definition) is 2. The Balaban J connectivity index is 1.83. The minimum atomic E-state index is 0.0906. The monoisotopic (exact) mass is 321 g/mol. The molecule has 0 amide bonds. The Morgan fingerprint density at radius 3 is 2.33 bits per heavy atom. The molecule has 0 saturated heterocycles. The van der Waals surface area contributed by atoms with Gasteiger partial charge < -0.3 is 10.6 Å². The number of hydrogen-bond acceptors (Lipinski definition) is 1. The highest BCUT2D eigenvalue weighted by molar-refractivity contribution is 5.92. The lowest BCUT2D eigenvalue weighted by molar-refractivity contribution is 0.590. The fourth-order valence-electron chi connectivity index (χ4n) is 3.33. The Labute approximate surface area is 145 Å². The minimum Gasteiger partial charge on any atom is -0.370 e. The molecule has 0 fully saturated rings. The third-order valence-corrected chi connectivity index (χ3v) is 4.85. The van der Waals surface area contributed by atoms with Crippen molar-refractivity contribution < 1.29 is 0 Å². The Morgan fingerprint density at radius 2 is 1.71 bits per heavy atom. The molecule has 3 nitrogen and oxygen atoms in total. The number of benzene rings is 2. The molecular weight excluding hydrogens is 294 g/mol. The Kier molecular flexibility index (Phi) is 4.35. The van der Waals surface area contributed by atoms with Gasteiger partial charge in [0.1, 0.15) is 0 Å². The predicted octanol–water partition coefficient (Wildman–Crippen LogP) is 4.37. The van der Waals surface area contributed by atoms with Crippen LogP contribution in [0.3, 0.4) is 0 Å². The van der Waals surface area contributed by atoms with Gasteiger partial charge in [0.25, 0.3) is 0 Å². The quantitative estimate of drug-likeness (QED) is 0.651. The fraction of sp³-hybridized carbons (Fsp3) is 0.381. The topological polar surface area (TPSA) is 53.1 Å². The molecule has 0 aliphatic heterocycles. The van der Waals surface area contributed by atoms with Crippen molar-refractivity contribution in [2.24, 2.45) is 5.73 Å². The molecule has 0 bridgehead atoms. The molecule has 0 spiro atoms. The molecule has 0 unspecified atom stereocenters. The van der Waals surface area contributed by atoms with Crippen molar-refractivity contribution in [2.75, 3.05) is 4.90 Å². The molecule has 3 N–H and O–H groups in total. The summed E-state index contributed by atoms with van der Waals surface area (Å²) in [5, 5.41) is 7.98. The van der Waals surface area contributed by atoms with E-state index in [0.29, 0.717) is 6.54 Å². The number of anilines is 1. The molecule has 0 atom stereocenters. The van der Waals surface area contributed by atoms with E-state index >= 15 is 0 Å². The number of nitrogens with one attached hydrogen (secondary N) is 1. The van der Waals surface area contributed by atoms with Crippen molar-refractivity contribution in [3.8, 4) is 0 Å². The zero-order chi connectivity index (χ0) is 17.3. The van der Waals surface area contributed by atoms with E-state index in [1.807, 2.05) is 4.90 Å². The second kappa shape index (κ2) is 6.31. The van der Waals surface area contributed by atoms with E-state index in [1.54, 1.807) is 0 Å². The van der Waals surface area contributed by atoms with Crippen LogP contribution in [0.15, 0.2) is 42.5 Å². The van der Waals surface area contributed by atoms with Gasteiger partial charge in [0.15, 0.2) is 5.96 Å². The van der Waals surface area contributed by atoms with Crippen molar-refractivity contribution in [1.82, 2.24) is 0 Å². The van der Waals surface area contributed by atoms with E-state index in [4.69, 9.17) is 11.1 Å². The van der Waals surface area contributed by atoms with Crippen LogP contribution in [-0.4, -0.2) is 5.96 Å². The summed E-state index contributed by atoms with van der Waals surface area (Å²) in [6, 6.07) is 15.1. The highest BCUT2D eigenvalue weighted by Gasteiger charge is 2.17. The Bertz CT molecular complexity index is 739. The first-order valence-corrected chi connectivity index (χ1v) is 8.67. The summed E-state index contributed by atoms with van der Waals surface area (Å²) in [6.07, 6.45) is 3.53. The van der Waals surface area contributed by atoms with Crippen molar-refractivity contribution in [1.29, 1.82) is 5.41 Å². The van der Waals surface area contributed by atoms with Gasteiger partial charge in [0, 0.05) is 5.69 Å². The van der Waals surface area contributed by atoms with E-state index in [9.17, 15) is 0 Å². The number of guanidine groups is 1. The van der Waals surface area contributed by atoms with Crippen LogP contribution < -0.4 is 10.6 Å². The van der Waals surface area contributed by atoms with Crippen LogP contribution in [-0.2, 0) is 24.8 Å². The zero-order valence-electron chi connectivity index (χ0n) is 14.9. The highest BCUT2D eigenvalue weighted by Crippen LogP contribution is 2.28. The largest absolute Gasteiger partial charge is 0.370 e. The zero-order valence-corrected chi connectivity index (χ0v) is 14.9. The minimum absolute atomic E-state index is 0.0906. The lowest BCUT2D eigenvalue weighted by atomic mass is 9.87. The number of rotatable bonds is 3. The summed E-state index contributed by atoms with van der Waals surface area (Å²) in [7, 11) is 0. The normalized spacial score (nSPS) is 13.6. The molecule has 2 aromatic rings. The summed E-state index contributed by atoms with van der Waals surface area (Å²) < 4.78 is 0. The van der Waals surface area contributed by atoms with Crippen LogP contribution in [0.1, 0.15) is 49.4 Å². The highest BCUT2D eigenvalue weighted by atomic mass is 15.2. The van der Waals surface area contributed by atoms with Gasteiger partial charge in [-0.2, -0.15) is 0 Å². The van der Waals surface area contributed by atoms with Crippen LogP contribution in [0, 0.1) is 5.41 Å². The van der Waals surface area contributed by atoms with Gasteiger partial charge >= 0.3 is 0 Å². The Morgan fingerprint density at radius 1 is 1.04 bits per heavy atom. The van der Waals surface area contributed by atoms with Gasteiger partial charge in [0.05, 0.1) is 6.54 Å². The maximum Gasteiger partial charge on any atom is 0.193 e. The van der Waals surface area contributed by atoms with E-state index in [1.165, 1.54) is 35.1 Å². The molecule has 24 heavy (non-hydrogen) atoms. The number of nitrogens with zero attached hydrogens (tertiary/aromatic N) is 1. The van der Waals surface area contributed by atoms with Crippen LogP contribution >= 0.6 is 0 Å². The number of fused-ring (bicyclic) bond motifs is 1. The van der Waals surface area contributed by atoms with Gasteiger partial charge in [0.2, 0.25) is 0 Å². The van der Waals surface area contributed by atoms with Gasteiger partial charge in [-0.25, -0.2) is 0 Å². The number of nitrogens with two attached hydrogens (primary N) is 1. The molecule has 3 rings (SSSR count). The lowest BCUT2D eigenvalue weighted by Crippen LogP contribution is -2.36. The lowest BCUT2D eigenvalue weighted by Gasteiger charge is -2.24. The van der Waals surface area contributed by atoms with Crippen LogP contribution in [0.4, 0.5) is 5.69 Å². The molecule has 3 heteroatoms. The molecule has 1 aliphatic carbocycles. The molecular formula is C21H27N3. The van der Waals surface area contributed by atoms with Gasteiger partial charge in [-0.1, -0.05) is 51.1 Å². The molecule has 0 saturated carbocycles. The summed E-state index contributed by atoms with van der Waals surface area (Å²) in [5.74, 6) is 0.0906. The van der Waals surface area contributed by atoms with Gasteiger partial charge in [-0.15, -0.1) is 0 Å². The van der Waals surface area contributed by atoms with E-state index in [-0.39, 0.29) is 11.4 Å². The average molecular weight is 321 g/mol. The van der Waals surface area contributed by atoms with E-state index in [0.717, 1.165) is 12.1 Å². The summed E-state index contributed by atoms with van der Waals surface area (Å²) in [6.45, 7) is 7.27. The smallest absolute Gasteiger partial charge is 0.193 e. The van der Waals surface area contributed by atoms with E-state index in [2.05, 4.69) is 63.2 Å². The Hall–Kier alpha value is -2.29. The summed E-state index contributed by atoms with van der Waals surface area (Å²) in [5.41, 5.74) is 12.4. The van der Waals surface area contributed by atoms with Crippen LogP contribution in [0.5, 0.6) is 0 Å². The number of aryl methyl sites for hydroxylation is 2. The van der Waals surface area contributed by atoms with Gasteiger partial charge in [-0.05, 0) is 59.1 Å². The molecule has 2 aromatic carbocycles. The second-order valence-corrected chi connectivity index (χ2v) is 7.72. The average Bonchev–Trinajstić information content (AvgIpc) is 2.99. The molecule has 0 radical (unpaired) electrons. The first-order valence-electron chi connectivity index (χ1n) is 8.67. The summed E-state index contributed by atoms with van der Waals surface area (Å²) in [4.78, 5) is 1.88. The third-order valence-electron chi connectivity index (χ3n) is 4.85. The summed E-state index contributed by atoms with van der Waals surface area (Å²) >= 11 is 0. The van der Waals surface area contributed by atoms with Crippen molar-refractivity contribution in [3.05, 3.63) is 64.7 Å². The second-order valence-electron chi connectivity index (χ2n) is 7.72. The fourth-order valence-corrected chi connectivity index (χ4v) is 3.33. The molecule has 1 aliphatic rings.